The summed E-state index contributed by atoms with van der Waals surface area (Å²) in [6.07, 6.45) is 3.70. The molecule has 36 heavy (non-hydrogen) atoms. The van der Waals surface area contributed by atoms with Crippen molar-refractivity contribution in [2.24, 2.45) is 0 Å². The molecular weight excluding hydrogens is 476 g/mol. The number of benzene rings is 2. The highest BCUT2D eigenvalue weighted by Gasteiger charge is 2.17. The summed E-state index contributed by atoms with van der Waals surface area (Å²) >= 11 is 1.37. The molecule has 0 aliphatic heterocycles. The fourth-order valence-corrected chi connectivity index (χ4v) is 4.69. The van der Waals surface area contributed by atoms with Crippen LogP contribution in [0, 0.1) is 6.92 Å². The van der Waals surface area contributed by atoms with Crippen molar-refractivity contribution in [3.63, 3.8) is 0 Å². The number of imidazole rings is 1. The van der Waals surface area contributed by atoms with E-state index in [9.17, 15) is 0 Å². The topological polar surface area (TPSA) is 83.9 Å². The molecule has 0 N–H and O–H groups in total. The summed E-state index contributed by atoms with van der Waals surface area (Å²) in [5.74, 6) is 2.10. The SMILES string of the molecule is COc1cc(COc2cccc(-c3ccc(C)nc3)c2)c2cc(-c3cn4nc(OC)sc4n3)oc2c1. The summed E-state index contributed by atoms with van der Waals surface area (Å²) in [4.78, 5) is 9.76. The summed E-state index contributed by atoms with van der Waals surface area (Å²) in [5.41, 5.74) is 5.41. The monoisotopic (exact) mass is 498 g/mol. The van der Waals surface area contributed by atoms with Crippen LogP contribution >= 0.6 is 11.3 Å². The smallest absolute Gasteiger partial charge is 0.294 e. The Morgan fingerprint density at radius 1 is 0.972 bits per heavy atom. The van der Waals surface area contributed by atoms with E-state index in [-0.39, 0.29) is 0 Å². The van der Waals surface area contributed by atoms with E-state index in [1.807, 2.05) is 67.8 Å². The normalized spacial score (nSPS) is 11.3. The van der Waals surface area contributed by atoms with Crippen LogP contribution in [0.3, 0.4) is 0 Å². The van der Waals surface area contributed by atoms with Crippen LogP contribution in [-0.4, -0.2) is 33.8 Å². The first-order valence-corrected chi connectivity index (χ1v) is 12.1. The van der Waals surface area contributed by atoms with E-state index in [2.05, 4.69) is 21.1 Å². The third-order valence-electron chi connectivity index (χ3n) is 5.86. The van der Waals surface area contributed by atoms with Gasteiger partial charge in [-0.05, 0) is 54.2 Å². The number of methoxy groups -OCH3 is 2. The Labute approximate surface area is 210 Å². The molecule has 0 spiro atoms. The Balaban J connectivity index is 1.30. The van der Waals surface area contributed by atoms with Crippen LogP contribution in [0.5, 0.6) is 16.7 Å². The highest BCUT2D eigenvalue weighted by molar-refractivity contribution is 7.18. The molecule has 9 heteroatoms. The summed E-state index contributed by atoms with van der Waals surface area (Å²) in [5, 5.41) is 5.83. The Hall–Kier alpha value is -4.37. The van der Waals surface area contributed by atoms with Crippen molar-refractivity contribution < 1.29 is 18.6 Å². The van der Waals surface area contributed by atoms with E-state index in [0.29, 0.717) is 34.6 Å². The maximum absolute atomic E-state index is 6.20. The molecule has 180 valence electrons. The summed E-state index contributed by atoms with van der Waals surface area (Å²) in [6.45, 7) is 2.32. The fourth-order valence-electron chi connectivity index (χ4n) is 4.00. The average Bonchev–Trinajstić information content (AvgIpc) is 3.60. The van der Waals surface area contributed by atoms with Crippen LogP contribution in [0.25, 0.3) is 38.5 Å². The van der Waals surface area contributed by atoms with Gasteiger partial charge in [-0.2, -0.15) is 0 Å². The molecule has 6 rings (SSSR count). The third-order valence-corrected chi connectivity index (χ3v) is 6.74. The van der Waals surface area contributed by atoms with Gasteiger partial charge in [0, 0.05) is 34.5 Å². The number of rotatable bonds is 7. The van der Waals surface area contributed by atoms with Gasteiger partial charge < -0.3 is 18.6 Å². The molecule has 0 atom stereocenters. The van der Waals surface area contributed by atoms with Crippen LogP contribution in [0.2, 0.25) is 0 Å². The lowest BCUT2D eigenvalue weighted by molar-refractivity contribution is 0.307. The molecular formula is C27H22N4O4S. The Bertz CT molecular complexity index is 1650. The molecule has 8 nitrogen and oxygen atoms in total. The van der Waals surface area contributed by atoms with Gasteiger partial charge in [0.25, 0.3) is 5.19 Å². The second-order valence-electron chi connectivity index (χ2n) is 8.24. The van der Waals surface area contributed by atoms with Crippen molar-refractivity contribution >= 4 is 27.3 Å². The quantitative estimate of drug-likeness (QED) is 0.260. The number of ether oxygens (including phenoxy) is 3. The predicted octanol–water partition coefficient (Wildman–Crippen LogP) is 6.17. The number of nitrogens with zero attached hydrogens (tertiary/aromatic N) is 4. The largest absolute Gasteiger partial charge is 0.497 e. The summed E-state index contributed by atoms with van der Waals surface area (Å²) < 4.78 is 24.7. The van der Waals surface area contributed by atoms with Gasteiger partial charge in [0.1, 0.15) is 29.4 Å². The first kappa shape index (κ1) is 22.1. The minimum absolute atomic E-state index is 0.347. The number of fused-ring (bicyclic) bond motifs is 2. The number of hydrogen-bond acceptors (Lipinski definition) is 8. The number of pyridine rings is 1. The molecule has 0 fully saturated rings. The van der Waals surface area contributed by atoms with Crippen molar-refractivity contribution in [1.82, 2.24) is 19.6 Å². The number of furan rings is 1. The number of aromatic nitrogens is 4. The predicted molar refractivity (Wildman–Crippen MR) is 138 cm³/mol. The van der Waals surface area contributed by atoms with Crippen molar-refractivity contribution in [1.29, 1.82) is 0 Å². The lowest BCUT2D eigenvalue weighted by Gasteiger charge is -2.10. The zero-order valence-electron chi connectivity index (χ0n) is 19.9. The lowest BCUT2D eigenvalue weighted by Crippen LogP contribution is -1.97. The minimum atomic E-state index is 0.347. The molecule has 0 radical (unpaired) electrons. The lowest BCUT2D eigenvalue weighted by atomic mass is 10.1. The number of aryl methyl sites for hydroxylation is 1. The molecule has 0 aliphatic carbocycles. The van der Waals surface area contributed by atoms with Gasteiger partial charge in [-0.3, -0.25) is 4.98 Å². The van der Waals surface area contributed by atoms with Gasteiger partial charge in [0.2, 0.25) is 4.96 Å². The standard InChI is InChI=1S/C27H22N4O4S/c1-16-7-8-18(13-28-16)17-5-4-6-20(9-17)34-15-19-10-21(32-2)11-24-22(19)12-25(35-24)23-14-31-26(29-23)36-27(30-31)33-3/h4-14H,15H2,1-3H3. The fraction of sp³-hybridized carbons (Fsp3) is 0.148. The van der Waals surface area contributed by atoms with Gasteiger partial charge in [0.05, 0.1) is 20.4 Å². The van der Waals surface area contributed by atoms with E-state index in [0.717, 1.165) is 38.5 Å². The van der Waals surface area contributed by atoms with Crippen LogP contribution in [0.4, 0.5) is 0 Å². The molecule has 0 bridgehead atoms. The van der Waals surface area contributed by atoms with Crippen molar-refractivity contribution in [3.05, 3.63) is 78.2 Å². The van der Waals surface area contributed by atoms with Crippen molar-refractivity contribution in [3.8, 4) is 39.3 Å². The van der Waals surface area contributed by atoms with Gasteiger partial charge >= 0.3 is 0 Å². The van der Waals surface area contributed by atoms with Gasteiger partial charge in [0.15, 0.2) is 5.76 Å². The van der Waals surface area contributed by atoms with E-state index in [1.165, 1.54) is 11.3 Å². The van der Waals surface area contributed by atoms with Crippen molar-refractivity contribution in [2.75, 3.05) is 14.2 Å². The molecule has 4 heterocycles. The second-order valence-corrected chi connectivity index (χ2v) is 9.16. The molecule has 2 aromatic carbocycles. The molecule has 0 aliphatic rings. The van der Waals surface area contributed by atoms with E-state index in [4.69, 9.17) is 18.6 Å². The second kappa shape index (κ2) is 9.01. The first-order valence-electron chi connectivity index (χ1n) is 11.3. The van der Waals surface area contributed by atoms with E-state index < -0.39 is 0 Å². The third kappa shape index (κ3) is 4.14. The molecule has 0 saturated heterocycles. The van der Waals surface area contributed by atoms with E-state index in [1.54, 1.807) is 18.7 Å². The van der Waals surface area contributed by atoms with Crippen LogP contribution in [0.15, 0.2) is 71.4 Å². The highest BCUT2D eigenvalue weighted by Crippen LogP contribution is 2.34. The van der Waals surface area contributed by atoms with Crippen LogP contribution < -0.4 is 14.2 Å². The summed E-state index contributed by atoms with van der Waals surface area (Å²) in [7, 11) is 3.22. The maximum Gasteiger partial charge on any atom is 0.294 e. The van der Waals surface area contributed by atoms with Crippen LogP contribution in [-0.2, 0) is 6.61 Å². The molecule has 0 saturated carbocycles. The molecule has 0 amide bonds. The van der Waals surface area contributed by atoms with Gasteiger partial charge in [-0.15, -0.1) is 5.10 Å². The molecule has 6 aromatic rings. The Morgan fingerprint density at radius 3 is 2.67 bits per heavy atom. The highest BCUT2D eigenvalue weighted by atomic mass is 32.1. The number of hydrogen-bond donors (Lipinski definition) is 0. The Morgan fingerprint density at radius 2 is 1.89 bits per heavy atom. The first-order chi connectivity index (χ1) is 17.6. The summed E-state index contributed by atoms with van der Waals surface area (Å²) in [6, 6.07) is 17.9. The van der Waals surface area contributed by atoms with E-state index >= 15 is 0 Å². The van der Waals surface area contributed by atoms with Crippen molar-refractivity contribution in [2.45, 2.75) is 13.5 Å². The Kier molecular flexibility index (Phi) is 5.54. The average molecular weight is 499 g/mol. The van der Waals surface area contributed by atoms with Gasteiger partial charge in [-0.1, -0.05) is 18.2 Å². The van der Waals surface area contributed by atoms with Crippen LogP contribution in [0.1, 0.15) is 11.3 Å². The van der Waals surface area contributed by atoms with Gasteiger partial charge in [-0.25, -0.2) is 9.50 Å². The molecule has 4 aromatic heterocycles. The minimum Gasteiger partial charge on any atom is -0.497 e. The zero-order chi connectivity index (χ0) is 24.6. The zero-order valence-corrected chi connectivity index (χ0v) is 20.7. The molecule has 0 unspecified atom stereocenters. The maximum atomic E-state index is 6.20.